The Kier molecular flexibility index (Phi) is 4.30. The number of ether oxygens (including phenoxy) is 1. The van der Waals surface area contributed by atoms with Crippen LogP contribution < -0.4 is 0 Å². The predicted octanol–water partition coefficient (Wildman–Crippen LogP) is 3.00. The van der Waals surface area contributed by atoms with Crippen LogP contribution in [0.15, 0.2) is 21.9 Å². The minimum Gasteiger partial charge on any atom is -0.408 e. The van der Waals surface area contributed by atoms with Crippen molar-refractivity contribution < 1.29 is 9.15 Å². The molecule has 0 saturated carbocycles. The topological polar surface area (TPSA) is 43.4 Å². The van der Waals surface area contributed by atoms with Crippen molar-refractivity contribution in [3.8, 4) is 10.8 Å². The second-order valence-electron chi connectivity index (χ2n) is 4.84. The molecule has 1 fully saturated rings. The van der Waals surface area contributed by atoms with Gasteiger partial charge in [0.25, 0.3) is 10.7 Å². The molecule has 20 heavy (non-hydrogen) atoms. The summed E-state index contributed by atoms with van der Waals surface area (Å²) in [4.78, 5) is 3.77. The van der Waals surface area contributed by atoms with E-state index in [1.807, 2.05) is 17.5 Å². The maximum absolute atomic E-state index is 5.57. The van der Waals surface area contributed by atoms with Gasteiger partial charge in [-0.15, -0.1) is 16.4 Å². The molecule has 0 spiro atoms. The fourth-order valence-electron chi connectivity index (χ4n) is 2.37. The highest BCUT2D eigenvalue weighted by Gasteiger charge is 2.20. The monoisotopic (exact) mass is 311 g/mol. The van der Waals surface area contributed by atoms with E-state index in [4.69, 9.17) is 21.4 Å². The summed E-state index contributed by atoms with van der Waals surface area (Å²) in [6.07, 6.45) is 2.50. The number of hydrogen-bond acceptors (Lipinski definition) is 6. The lowest BCUT2D eigenvalue weighted by atomic mass is 10.1. The van der Waals surface area contributed by atoms with E-state index in [1.165, 1.54) is 0 Å². The molecule has 0 atom stereocenters. The van der Waals surface area contributed by atoms with E-state index in [1.54, 1.807) is 23.1 Å². The van der Waals surface area contributed by atoms with E-state index in [2.05, 4.69) is 10.00 Å². The highest BCUT2D eigenvalue weighted by atomic mass is 32.1. The van der Waals surface area contributed by atoms with Crippen molar-refractivity contribution in [2.24, 2.45) is 0 Å². The van der Waals surface area contributed by atoms with Crippen LogP contribution in [0.2, 0.25) is 0 Å². The summed E-state index contributed by atoms with van der Waals surface area (Å²) < 4.78 is 12.7. The third-order valence-electron chi connectivity index (χ3n) is 3.54. The first-order chi connectivity index (χ1) is 9.76. The second-order valence-corrected chi connectivity index (χ2v) is 6.14. The van der Waals surface area contributed by atoms with Crippen molar-refractivity contribution in [2.45, 2.75) is 25.6 Å². The van der Waals surface area contributed by atoms with Gasteiger partial charge in [-0.05, 0) is 36.5 Å². The van der Waals surface area contributed by atoms with Gasteiger partial charge in [0.1, 0.15) is 0 Å². The molecule has 5 nitrogen and oxygen atoms in total. The van der Waals surface area contributed by atoms with Crippen molar-refractivity contribution in [3.05, 3.63) is 22.4 Å². The summed E-state index contributed by atoms with van der Waals surface area (Å²) in [7, 11) is 1.78. The van der Waals surface area contributed by atoms with E-state index >= 15 is 0 Å². The zero-order valence-electron chi connectivity index (χ0n) is 11.3. The molecule has 1 aliphatic rings. The highest BCUT2D eigenvalue weighted by molar-refractivity contribution is 7.71. The molecule has 1 aliphatic heterocycles. The molecule has 2 aromatic rings. The normalized spacial score (nSPS) is 17.6. The lowest BCUT2D eigenvalue weighted by Gasteiger charge is -2.30. The van der Waals surface area contributed by atoms with Crippen molar-refractivity contribution in [3.63, 3.8) is 0 Å². The molecule has 7 heteroatoms. The Balaban J connectivity index is 1.68. The van der Waals surface area contributed by atoms with E-state index in [-0.39, 0.29) is 0 Å². The highest BCUT2D eigenvalue weighted by Crippen LogP contribution is 2.23. The summed E-state index contributed by atoms with van der Waals surface area (Å²) in [5.41, 5.74) is 0. The van der Waals surface area contributed by atoms with Crippen LogP contribution in [0, 0.1) is 4.84 Å². The first-order valence-corrected chi connectivity index (χ1v) is 7.92. The van der Waals surface area contributed by atoms with Crippen LogP contribution in [0.25, 0.3) is 10.8 Å². The molecule has 0 radical (unpaired) electrons. The molecule has 0 bridgehead atoms. The molecule has 1 saturated heterocycles. The van der Waals surface area contributed by atoms with Gasteiger partial charge in [-0.25, -0.2) is 4.68 Å². The van der Waals surface area contributed by atoms with E-state index in [9.17, 15) is 0 Å². The molecular weight excluding hydrogens is 294 g/mol. The predicted molar refractivity (Wildman–Crippen MR) is 80.2 cm³/mol. The Labute approximate surface area is 126 Å². The number of piperidine rings is 1. The van der Waals surface area contributed by atoms with Gasteiger partial charge in [0.15, 0.2) is 0 Å². The summed E-state index contributed by atoms with van der Waals surface area (Å²) in [6.45, 7) is 2.69. The lowest BCUT2D eigenvalue weighted by molar-refractivity contribution is 0.0299. The summed E-state index contributed by atoms with van der Waals surface area (Å²) in [5, 5.41) is 6.47. The number of thiophene rings is 1. The minimum atomic E-state index is 0.387. The van der Waals surface area contributed by atoms with Crippen LogP contribution in [0.5, 0.6) is 0 Å². The Bertz CT molecular complexity index is 597. The smallest absolute Gasteiger partial charge is 0.288 e. The third-order valence-corrected chi connectivity index (χ3v) is 4.69. The zero-order chi connectivity index (χ0) is 13.9. The van der Waals surface area contributed by atoms with E-state index in [0.717, 1.165) is 30.8 Å². The Morgan fingerprint density at radius 3 is 2.95 bits per heavy atom. The lowest BCUT2D eigenvalue weighted by Crippen LogP contribution is -2.37. The summed E-state index contributed by atoms with van der Waals surface area (Å²) >= 11 is 6.85. The largest absolute Gasteiger partial charge is 0.408 e. The van der Waals surface area contributed by atoms with Crippen molar-refractivity contribution in [2.75, 3.05) is 20.2 Å². The standard InChI is InChI=1S/C13H17N3O2S2/c1-17-10-4-6-15(7-5-10)9-16-13(19)18-12(14-16)11-3-2-8-20-11/h2-3,8,10H,4-7,9H2,1H3. The molecule has 0 amide bonds. The molecular formula is C13H17N3O2S2. The molecule has 0 aromatic carbocycles. The fraction of sp³-hybridized carbons (Fsp3) is 0.538. The van der Waals surface area contributed by atoms with Crippen molar-refractivity contribution >= 4 is 23.6 Å². The quantitative estimate of drug-likeness (QED) is 0.812. The zero-order valence-corrected chi connectivity index (χ0v) is 13.0. The van der Waals surface area contributed by atoms with Crippen LogP contribution in [0.4, 0.5) is 0 Å². The number of aromatic nitrogens is 2. The fourth-order valence-corrected chi connectivity index (χ4v) is 3.19. The van der Waals surface area contributed by atoms with E-state index < -0.39 is 0 Å². The van der Waals surface area contributed by atoms with Crippen molar-refractivity contribution in [1.29, 1.82) is 0 Å². The van der Waals surface area contributed by atoms with Gasteiger partial charge in [-0.1, -0.05) is 6.07 Å². The average Bonchev–Trinajstić information content (AvgIpc) is 3.10. The SMILES string of the molecule is COC1CCN(Cn2nc(-c3cccs3)oc2=S)CC1. The molecule has 3 heterocycles. The van der Waals surface area contributed by atoms with E-state index in [0.29, 0.717) is 23.5 Å². The maximum Gasteiger partial charge on any atom is 0.288 e. The van der Waals surface area contributed by atoms with Crippen LogP contribution >= 0.6 is 23.6 Å². The van der Waals surface area contributed by atoms with Gasteiger partial charge in [-0.2, -0.15) is 0 Å². The minimum absolute atomic E-state index is 0.387. The maximum atomic E-state index is 5.57. The number of nitrogens with zero attached hydrogens (tertiary/aromatic N) is 3. The Hall–Kier alpha value is -1.02. The molecule has 0 unspecified atom stereocenters. The van der Waals surface area contributed by atoms with Gasteiger partial charge in [0, 0.05) is 20.2 Å². The molecule has 108 valence electrons. The van der Waals surface area contributed by atoms with Crippen molar-refractivity contribution in [1.82, 2.24) is 14.7 Å². The number of rotatable bonds is 4. The third kappa shape index (κ3) is 3.01. The molecule has 0 N–H and O–H groups in total. The van der Waals surface area contributed by atoms with Gasteiger partial charge >= 0.3 is 0 Å². The molecule has 3 rings (SSSR count). The van der Waals surface area contributed by atoms with Crippen LogP contribution in [0.3, 0.4) is 0 Å². The summed E-state index contributed by atoms with van der Waals surface area (Å²) in [6, 6.07) is 3.97. The van der Waals surface area contributed by atoms with Crippen LogP contribution in [0.1, 0.15) is 12.8 Å². The van der Waals surface area contributed by atoms with Crippen LogP contribution in [-0.2, 0) is 11.4 Å². The molecule has 2 aromatic heterocycles. The van der Waals surface area contributed by atoms with Gasteiger partial charge < -0.3 is 9.15 Å². The van der Waals surface area contributed by atoms with Gasteiger partial charge in [-0.3, -0.25) is 4.90 Å². The number of likely N-dealkylation sites (tertiary alicyclic amines) is 1. The number of hydrogen-bond donors (Lipinski definition) is 0. The average molecular weight is 311 g/mol. The first-order valence-electron chi connectivity index (χ1n) is 6.63. The van der Waals surface area contributed by atoms with Crippen LogP contribution in [-0.4, -0.2) is 41.0 Å². The van der Waals surface area contributed by atoms with Gasteiger partial charge in [0.05, 0.1) is 17.6 Å². The Morgan fingerprint density at radius 2 is 2.30 bits per heavy atom. The second kappa shape index (κ2) is 6.17. The molecule has 0 aliphatic carbocycles. The first kappa shape index (κ1) is 13.9. The summed E-state index contributed by atoms with van der Waals surface area (Å²) in [5.74, 6) is 0.608. The number of methoxy groups -OCH3 is 1. The van der Waals surface area contributed by atoms with Gasteiger partial charge in [0.2, 0.25) is 0 Å². The Morgan fingerprint density at radius 1 is 1.50 bits per heavy atom.